The first kappa shape index (κ1) is 29.2. The van der Waals surface area contributed by atoms with Crippen LogP contribution in [0.25, 0.3) is 0 Å². The van der Waals surface area contributed by atoms with Gasteiger partial charge in [-0.2, -0.15) is 0 Å². The van der Waals surface area contributed by atoms with Crippen molar-refractivity contribution in [2.45, 2.75) is 12.8 Å². The molecule has 2 aliphatic heterocycles. The van der Waals surface area contributed by atoms with Gasteiger partial charge in [0, 0.05) is 62.1 Å². The molecule has 10 nitrogen and oxygen atoms in total. The lowest BCUT2D eigenvalue weighted by Crippen LogP contribution is -2.31. The van der Waals surface area contributed by atoms with Crippen molar-refractivity contribution in [1.82, 2.24) is 10.3 Å². The summed E-state index contributed by atoms with van der Waals surface area (Å²) in [5.41, 5.74) is 7.55. The number of anilines is 2. The first-order valence-electron chi connectivity index (χ1n) is 14.0. The fraction of sp³-hybridized carbons (Fsp3) is 0.586. The van der Waals surface area contributed by atoms with E-state index in [9.17, 15) is 4.79 Å². The Kier molecular flexibility index (Phi) is 11.8. The lowest BCUT2D eigenvalue weighted by Gasteiger charge is -2.26. The minimum atomic E-state index is -0.115. The third kappa shape index (κ3) is 9.15. The Balaban J connectivity index is 1.09. The molecule has 3 heterocycles. The van der Waals surface area contributed by atoms with Crippen LogP contribution in [-0.2, 0) is 18.9 Å². The Bertz CT molecular complexity index is 997. The average molecular weight is 542 g/mol. The Labute approximate surface area is 231 Å². The van der Waals surface area contributed by atoms with Gasteiger partial charge in [0.15, 0.2) is 0 Å². The number of aromatic nitrogens is 1. The Morgan fingerprint density at radius 3 is 2.15 bits per heavy atom. The summed E-state index contributed by atoms with van der Waals surface area (Å²) in [7, 11) is 0. The number of hydrogen-bond donors (Lipinski definition) is 2. The first-order chi connectivity index (χ1) is 19.2. The second-order valence-corrected chi connectivity index (χ2v) is 10.1. The molecule has 39 heavy (non-hydrogen) atoms. The van der Waals surface area contributed by atoms with Gasteiger partial charge in [-0.05, 0) is 37.1 Å². The molecule has 214 valence electrons. The van der Waals surface area contributed by atoms with Gasteiger partial charge < -0.3 is 39.8 Å². The first-order valence-corrected chi connectivity index (χ1v) is 14.0. The molecule has 0 radical (unpaired) electrons. The molecule has 3 N–H and O–H groups in total. The minimum absolute atomic E-state index is 0.115. The lowest BCUT2D eigenvalue weighted by molar-refractivity contribution is -0.000579. The zero-order valence-corrected chi connectivity index (χ0v) is 22.9. The standard InChI is InChI=1S/C29H43N5O5/c30-9-14-36-16-18-38-20-21-39-19-17-37-15-11-32-28(35)25-6-10-31-27(22-25)34-13-8-29(24-34)7-12-33(23-29)26-4-2-1-3-5-26/h1-6,10,22H,7-9,11-21,23-24,30H2,(H,32,35). The van der Waals surface area contributed by atoms with Gasteiger partial charge in [-0.15, -0.1) is 0 Å². The highest BCUT2D eigenvalue weighted by molar-refractivity contribution is 5.94. The van der Waals surface area contributed by atoms with Crippen molar-refractivity contribution in [3.63, 3.8) is 0 Å². The minimum Gasteiger partial charge on any atom is -0.378 e. The average Bonchev–Trinajstić information content (AvgIpc) is 3.60. The number of carbonyl (C=O) groups is 1. The summed E-state index contributed by atoms with van der Waals surface area (Å²) in [6.45, 7) is 9.06. The summed E-state index contributed by atoms with van der Waals surface area (Å²) in [6.07, 6.45) is 4.06. The molecule has 2 saturated heterocycles. The van der Waals surface area contributed by atoms with Gasteiger partial charge in [-0.25, -0.2) is 4.98 Å². The van der Waals surface area contributed by atoms with Crippen LogP contribution in [0.5, 0.6) is 0 Å². The van der Waals surface area contributed by atoms with E-state index in [2.05, 4.69) is 50.4 Å². The highest BCUT2D eigenvalue weighted by Crippen LogP contribution is 2.42. The van der Waals surface area contributed by atoms with Gasteiger partial charge in [0.05, 0.1) is 52.9 Å². The number of nitrogens with two attached hydrogens (primary N) is 1. The van der Waals surface area contributed by atoms with E-state index < -0.39 is 0 Å². The van der Waals surface area contributed by atoms with Crippen LogP contribution in [0.1, 0.15) is 23.2 Å². The third-order valence-corrected chi connectivity index (χ3v) is 7.24. The van der Waals surface area contributed by atoms with Gasteiger partial charge >= 0.3 is 0 Å². The van der Waals surface area contributed by atoms with Gasteiger partial charge in [0.1, 0.15) is 5.82 Å². The number of hydrogen-bond acceptors (Lipinski definition) is 9. The number of ether oxygens (including phenoxy) is 4. The molecule has 10 heteroatoms. The van der Waals surface area contributed by atoms with Gasteiger partial charge in [0.25, 0.3) is 5.91 Å². The number of nitrogens with one attached hydrogen (secondary N) is 1. The van der Waals surface area contributed by atoms with Crippen LogP contribution in [0.2, 0.25) is 0 Å². The fourth-order valence-corrected chi connectivity index (χ4v) is 5.17. The maximum atomic E-state index is 12.7. The van der Waals surface area contributed by atoms with Crippen molar-refractivity contribution < 1.29 is 23.7 Å². The molecule has 1 aromatic carbocycles. The summed E-state index contributed by atoms with van der Waals surface area (Å²) in [5.74, 6) is 0.759. The van der Waals surface area contributed by atoms with Crippen molar-refractivity contribution in [3.8, 4) is 0 Å². The monoisotopic (exact) mass is 541 g/mol. The summed E-state index contributed by atoms with van der Waals surface area (Å²) >= 11 is 0. The Morgan fingerprint density at radius 2 is 1.46 bits per heavy atom. The quantitative estimate of drug-likeness (QED) is 0.290. The smallest absolute Gasteiger partial charge is 0.251 e. The largest absolute Gasteiger partial charge is 0.378 e. The predicted molar refractivity (Wildman–Crippen MR) is 151 cm³/mol. The molecule has 2 aliphatic rings. The number of benzene rings is 1. The molecule has 2 aromatic rings. The van der Waals surface area contributed by atoms with Crippen molar-refractivity contribution in [1.29, 1.82) is 0 Å². The molecule has 0 aliphatic carbocycles. The highest BCUT2D eigenvalue weighted by atomic mass is 16.6. The van der Waals surface area contributed by atoms with Crippen LogP contribution in [-0.4, -0.2) is 103 Å². The van der Waals surface area contributed by atoms with E-state index in [4.69, 9.17) is 24.7 Å². The number of carbonyl (C=O) groups excluding carboxylic acids is 1. The topological polar surface area (TPSA) is 111 Å². The van der Waals surface area contributed by atoms with Crippen LogP contribution in [0.15, 0.2) is 48.7 Å². The molecule has 1 aromatic heterocycles. The number of para-hydroxylation sites is 1. The van der Waals surface area contributed by atoms with Crippen LogP contribution in [0, 0.1) is 5.41 Å². The number of nitrogens with zero attached hydrogens (tertiary/aromatic N) is 3. The lowest BCUT2D eigenvalue weighted by atomic mass is 9.86. The van der Waals surface area contributed by atoms with E-state index in [-0.39, 0.29) is 11.3 Å². The molecule has 1 unspecified atom stereocenters. The van der Waals surface area contributed by atoms with Gasteiger partial charge in [0.2, 0.25) is 0 Å². The second kappa shape index (κ2) is 15.7. The molecular weight excluding hydrogens is 498 g/mol. The van der Waals surface area contributed by atoms with E-state index in [1.165, 1.54) is 12.1 Å². The zero-order valence-electron chi connectivity index (χ0n) is 22.9. The van der Waals surface area contributed by atoms with Crippen molar-refractivity contribution >= 4 is 17.4 Å². The predicted octanol–water partition coefficient (Wildman–Crippen LogP) is 1.94. The number of amides is 1. The van der Waals surface area contributed by atoms with Crippen molar-refractivity contribution in [2.24, 2.45) is 11.1 Å². The summed E-state index contributed by atoms with van der Waals surface area (Å²) in [6, 6.07) is 14.3. The van der Waals surface area contributed by atoms with E-state index >= 15 is 0 Å². The summed E-state index contributed by atoms with van der Waals surface area (Å²) in [5, 5.41) is 2.93. The van der Waals surface area contributed by atoms with E-state index in [0.29, 0.717) is 71.5 Å². The van der Waals surface area contributed by atoms with Crippen LogP contribution < -0.4 is 20.9 Å². The molecule has 1 spiro atoms. The van der Waals surface area contributed by atoms with E-state index in [1.54, 1.807) is 12.3 Å². The van der Waals surface area contributed by atoms with Crippen molar-refractivity contribution in [3.05, 3.63) is 54.2 Å². The normalized spacial score (nSPS) is 18.8. The SMILES string of the molecule is NCCOCCOCCOCCOCCNC(=O)c1ccnc(N2CCC3(CCN(c4ccccc4)C3)C2)c1. The molecule has 1 atom stereocenters. The second-order valence-electron chi connectivity index (χ2n) is 10.1. The van der Waals surface area contributed by atoms with Gasteiger partial charge in [-0.3, -0.25) is 4.79 Å². The Morgan fingerprint density at radius 1 is 0.846 bits per heavy atom. The maximum absolute atomic E-state index is 12.7. The summed E-state index contributed by atoms with van der Waals surface area (Å²) < 4.78 is 21.6. The molecule has 0 saturated carbocycles. The molecule has 0 bridgehead atoms. The number of pyridine rings is 1. The van der Waals surface area contributed by atoms with Crippen LogP contribution >= 0.6 is 0 Å². The third-order valence-electron chi connectivity index (χ3n) is 7.24. The molecule has 1 amide bonds. The Hall–Kier alpha value is -2.76. The van der Waals surface area contributed by atoms with Crippen molar-refractivity contribution in [2.75, 3.05) is 102 Å². The van der Waals surface area contributed by atoms with Gasteiger partial charge in [-0.1, -0.05) is 18.2 Å². The van der Waals surface area contributed by atoms with E-state index in [0.717, 1.165) is 38.4 Å². The van der Waals surface area contributed by atoms with Crippen LogP contribution in [0.4, 0.5) is 11.5 Å². The molecule has 4 rings (SSSR count). The highest BCUT2D eigenvalue weighted by Gasteiger charge is 2.43. The molecule has 2 fully saturated rings. The fourth-order valence-electron chi connectivity index (χ4n) is 5.17. The van der Waals surface area contributed by atoms with E-state index in [1.807, 2.05) is 6.07 Å². The maximum Gasteiger partial charge on any atom is 0.251 e. The summed E-state index contributed by atoms with van der Waals surface area (Å²) in [4.78, 5) is 22.1. The molecular formula is C29H43N5O5. The number of rotatable bonds is 17. The zero-order chi connectivity index (χ0) is 27.2. The van der Waals surface area contributed by atoms with Crippen LogP contribution in [0.3, 0.4) is 0 Å².